The first-order valence-corrected chi connectivity index (χ1v) is 7.58. The molecule has 1 aromatic carbocycles. The molecule has 0 fully saturated rings. The Kier molecular flexibility index (Phi) is 5.83. The number of pyridine rings is 1. The van der Waals surface area contributed by atoms with Crippen molar-refractivity contribution in [2.45, 2.75) is 20.1 Å². The monoisotopic (exact) mass is 354 g/mol. The Morgan fingerprint density at radius 2 is 2.20 bits per heavy atom. The van der Waals surface area contributed by atoms with Gasteiger partial charge in [0.1, 0.15) is 12.4 Å². The lowest BCUT2D eigenvalue weighted by Crippen LogP contribution is -2.13. The maximum atomic E-state index is 6.23. The molecular weight excluding hydrogens is 340 g/mol. The second-order valence-corrected chi connectivity index (χ2v) is 5.62. The molecule has 5 heteroatoms. The van der Waals surface area contributed by atoms with E-state index in [9.17, 15) is 0 Å². The van der Waals surface area contributed by atoms with Crippen molar-refractivity contribution in [1.29, 1.82) is 0 Å². The summed E-state index contributed by atoms with van der Waals surface area (Å²) in [6, 6.07) is 7.69. The lowest BCUT2D eigenvalue weighted by atomic mass is 10.2. The smallest absolute Gasteiger partial charge is 0.125 e. The van der Waals surface area contributed by atoms with Crippen molar-refractivity contribution in [3.63, 3.8) is 0 Å². The highest BCUT2D eigenvalue weighted by atomic mass is 79.9. The number of hydrogen-bond acceptors (Lipinski definition) is 3. The van der Waals surface area contributed by atoms with Crippen LogP contribution in [0.25, 0.3) is 0 Å². The zero-order chi connectivity index (χ0) is 14.4. The van der Waals surface area contributed by atoms with E-state index in [-0.39, 0.29) is 0 Å². The van der Waals surface area contributed by atoms with Crippen LogP contribution in [0.3, 0.4) is 0 Å². The van der Waals surface area contributed by atoms with Gasteiger partial charge in [-0.05, 0) is 40.7 Å². The minimum absolute atomic E-state index is 0.464. The predicted molar refractivity (Wildman–Crippen MR) is 85.1 cm³/mol. The third-order valence-electron chi connectivity index (χ3n) is 2.78. The van der Waals surface area contributed by atoms with Crippen molar-refractivity contribution >= 4 is 27.5 Å². The summed E-state index contributed by atoms with van der Waals surface area (Å²) in [6.45, 7) is 4.11. The normalized spacial score (nSPS) is 10.6. The van der Waals surface area contributed by atoms with Crippen LogP contribution >= 0.6 is 27.5 Å². The molecule has 0 aliphatic rings. The molecule has 0 saturated carbocycles. The minimum atomic E-state index is 0.464. The number of nitrogens with one attached hydrogen (secondary N) is 1. The molecule has 0 aliphatic heterocycles. The van der Waals surface area contributed by atoms with Gasteiger partial charge in [-0.15, -0.1) is 0 Å². The lowest BCUT2D eigenvalue weighted by Gasteiger charge is -2.13. The van der Waals surface area contributed by atoms with Crippen LogP contribution in [-0.4, -0.2) is 11.5 Å². The van der Waals surface area contributed by atoms with Crippen LogP contribution < -0.4 is 10.1 Å². The molecule has 1 N–H and O–H groups in total. The second-order valence-electron chi connectivity index (χ2n) is 4.30. The van der Waals surface area contributed by atoms with E-state index >= 15 is 0 Å². The number of hydrogen-bond donors (Lipinski definition) is 1. The Labute approximate surface area is 132 Å². The topological polar surface area (TPSA) is 34.1 Å². The molecule has 2 aromatic rings. The summed E-state index contributed by atoms with van der Waals surface area (Å²) in [5.41, 5.74) is 1.99. The summed E-state index contributed by atoms with van der Waals surface area (Å²) in [7, 11) is 0. The van der Waals surface area contributed by atoms with E-state index in [2.05, 4.69) is 33.2 Å². The fourth-order valence-electron chi connectivity index (χ4n) is 1.79. The van der Waals surface area contributed by atoms with Gasteiger partial charge in [-0.1, -0.05) is 24.6 Å². The number of nitrogens with zero attached hydrogens (tertiary/aromatic N) is 1. The fraction of sp³-hybridized carbons (Fsp3) is 0.267. The molecule has 0 saturated heterocycles. The maximum absolute atomic E-state index is 6.23. The van der Waals surface area contributed by atoms with Crippen molar-refractivity contribution in [3.05, 3.63) is 57.3 Å². The van der Waals surface area contributed by atoms with Crippen LogP contribution in [0.2, 0.25) is 5.02 Å². The van der Waals surface area contributed by atoms with Crippen molar-refractivity contribution in [2.24, 2.45) is 0 Å². The van der Waals surface area contributed by atoms with E-state index in [1.165, 1.54) is 0 Å². The zero-order valence-electron chi connectivity index (χ0n) is 11.2. The Morgan fingerprint density at radius 3 is 2.95 bits per heavy atom. The SMILES string of the molecule is CCNCc1c(Cl)cccc1OCc1cncc(Br)c1. The van der Waals surface area contributed by atoms with E-state index in [0.29, 0.717) is 13.2 Å². The van der Waals surface area contributed by atoms with Gasteiger partial charge in [0, 0.05) is 39.6 Å². The summed E-state index contributed by atoms with van der Waals surface area (Å²) in [6.07, 6.45) is 3.54. The third kappa shape index (κ3) is 4.20. The van der Waals surface area contributed by atoms with Gasteiger partial charge in [-0.3, -0.25) is 4.98 Å². The Bertz CT molecular complexity index is 578. The number of rotatable bonds is 6. The molecule has 0 aliphatic carbocycles. The average molecular weight is 356 g/mol. The van der Waals surface area contributed by atoms with Crippen molar-refractivity contribution in [3.8, 4) is 5.75 Å². The number of halogens is 2. The van der Waals surface area contributed by atoms with Crippen LogP contribution in [0.1, 0.15) is 18.1 Å². The standard InChI is InChI=1S/C15H16BrClN2O/c1-2-18-9-13-14(17)4-3-5-15(13)20-10-11-6-12(16)8-19-7-11/h3-8,18H,2,9-10H2,1H3. The van der Waals surface area contributed by atoms with Crippen LogP contribution in [0, 0.1) is 0 Å². The Balaban J connectivity index is 2.10. The van der Waals surface area contributed by atoms with Crippen molar-refractivity contribution in [1.82, 2.24) is 10.3 Å². The minimum Gasteiger partial charge on any atom is -0.488 e. The molecule has 106 valence electrons. The molecule has 3 nitrogen and oxygen atoms in total. The zero-order valence-corrected chi connectivity index (χ0v) is 13.5. The third-order valence-corrected chi connectivity index (χ3v) is 3.57. The molecule has 0 unspecified atom stereocenters. The summed E-state index contributed by atoms with van der Waals surface area (Å²) in [5.74, 6) is 0.804. The van der Waals surface area contributed by atoms with Gasteiger partial charge in [-0.2, -0.15) is 0 Å². The van der Waals surface area contributed by atoms with Crippen LogP contribution in [0.15, 0.2) is 41.1 Å². The van der Waals surface area contributed by atoms with Crippen LogP contribution in [0.4, 0.5) is 0 Å². The summed E-state index contributed by atoms with van der Waals surface area (Å²) in [5, 5.41) is 3.99. The van der Waals surface area contributed by atoms with Gasteiger partial charge < -0.3 is 10.1 Å². The van der Waals surface area contributed by atoms with E-state index in [0.717, 1.165) is 32.9 Å². The first-order valence-electron chi connectivity index (χ1n) is 6.41. The highest BCUT2D eigenvalue weighted by Gasteiger charge is 2.08. The van der Waals surface area contributed by atoms with Gasteiger partial charge in [-0.25, -0.2) is 0 Å². The lowest BCUT2D eigenvalue weighted by molar-refractivity contribution is 0.301. The molecule has 0 spiro atoms. The highest BCUT2D eigenvalue weighted by Crippen LogP contribution is 2.27. The Hall–Kier alpha value is -1.10. The number of aromatic nitrogens is 1. The molecule has 0 amide bonds. The summed E-state index contributed by atoms with van der Waals surface area (Å²) >= 11 is 9.63. The van der Waals surface area contributed by atoms with Crippen molar-refractivity contribution in [2.75, 3.05) is 6.54 Å². The van der Waals surface area contributed by atoms with E-state index in [1.807, 2.05) is 24.3 Å². The van der Waals surface area contributed by atoms with E-state index in [1.54, 1.807) is 12.4 Å². The van der Waals surface area contributed by atoms with E-state index < -0.39 is 0 Å². The largest absolute Gasteiger partial charge is 0.488 e. The molecule has 1 aromatic heterocycles. The molecule has 0 radical (unpaired) electrons. The van der Waals surface area contributed by atoms with Crippen molar-refractivity contribution < 1.29 is 4.74 Å². The molecule has 1 heterocycles. The molecule has 2 rings (SSSR count). The highest BCUT2D eigenvalue weighted by molar-refractivity contribution is 9.10. The van der Waals surface area contributed by atoms with Gasteiger partial charge in [0.05, 0.1) is 0 Å². The second kappa shape index (κ2) is 7.62. The first kappa shape index (κ1) is 15.3. The molecule has 20 heavy (non-hydrogen) atoms. The van der Waals surface area contributed by atoms with E-state index in [4.69, 9.17) is 16.3 Å². The predicted octanol–water partition coefficient (Wildman–Crippen LogP) is 4.19. The van der Waals surface area contributed by atoms with Gasteiger partial charge >= 0.3 is 0 Å². The quantitative estimate of drug-likeness (QED) is 0.844. The molecule has 0 bridgehead atoms. The Morgan fingerprint density at radius 1 is 1.35 bits per heavy atom. The average Bonchev–Trinajstić information content (AvgIpc) is 2.44. The summed E-state index contributed by atoms with van der Waals surface area (Å²) < 4.78 is 6.81. The van der Waals surface area contributed by atoms with Crippen LogP contribution in [0.5, 0.6) is 5.75 Å². The summed E-state index contributed by atoms with van der Waals surface area (Å²) in [4.78, 5) is 4.12. The number of ether oxygens (including phenoxy) is 1. The van der Waals surface area contributed by atoms with Gasteiger partial charge in [0.2, 0.25) is 0 Å². The van der Waals surface area contributed by atoms with Gasteiger partial charge in [0.15, 0.2) is 0 Å². The van der Waals surface area contributed by atoms with Crippen LogP contribution in [-0.2, 0) is 13.2 Å². The molecular formula is C15H16BrClN2O. The fourth-order valence-corrected chi connectivity index (χ4v) is 2.44. The maximum Gasteiger partial charge on any atom is 0.125 e. The van der Waals surface area contributed by atoms with Gasteiger partial charge in [0.25, 0.3) is 0 Å². The number of benzene rings is 1. The first-order chi connectivity index (χ1) is 9.70. The molecule has 0 atom stereocenters.